The zero-order valence-electron chi connectivity index (χ0n) is 18.9. The highest BCUT2D eigenvalue weighted by Gasteiger charge is 2.37. The number of aryl methyl sites for hydroxylation is 1. The molecule has 0 bridgehead atoms. The van der Waals surface area contributed by atoms with Crippen LogP contribution in [0.2, 0.25) is 0 Å². The Morgan fingerprint density at radius 3 is 2.44 bits per heavy atom. The van der Waals surface area contributed by atoms with Gasteiger partial charge in [-0.1, -0.05) is 44.0 Å². The van der Waals surface area contributed by atoms with E-state index in [4.69, 9.17) is 4.74 Å². The van der Waals surface area contributed by atoms with E-state index in [2.05, 4.69) is 42.5 Å². The molecule has 1 saturated heterocycles. The molecule has 36 heavy (non-hydrogen) atoms. The molecule has 0 aliphatic carbocycles. The third-order valence-corrected chi connectivity index (χ3v) is 6.14. The quantitative estimate of drug-likeness (QED) is 0.294. The predicted molar refractivity (Wildman–Crippen MR) is 143 cm³/mol. The minimum atomic E-state index is -0.844. The molecule has 10 heteroatoms. The Kier molecular flexibility index (Phi) is 7.66. The van der Waals surface area contributed by atoms with Crippen LogP contribution in [-0.4, -0.2) is 30.4 Å². The van der Waals surface area contributed by atoms with Crippen molar-refractivity contribution in [2.45, 2.75) is 6.92 Å². The van der Waals surface area contributed by atoms with Crippen molar-refractivity contribution in [2.75, 3.05) is 16.8 Å². The highest BCUT2D eigenvalue weighted by Crippen LogP contribution is 2.28. The zero-order valence-corrected chi connectivity index (χ0v) is 22.1. The highest BCUT2D eigenvalue weighted by atomic mass is 79.9. The van der Waals surface area contributed by atoms with Gasteiger partial charge >= 0.3 is 6.03 Å². The minimum Gasteiger partial charge on any atom is -0.483 e. The van der Waals surface area contributed by atoms with Gasteiger partial charge < -0.3 is 10.1 Å². The van der Waals surface area contributed by atoms with Gasteiger partial charge in [0.15, 0.2) is 6.61 Å². The van der Waals surface area contributed by atoms with E-state index in [0.29, 0.717) is 21.4 Å². The van der Waals surface area contributed by atoms with E-state index in [-0.39, 0.29) is 23.8 Å². The van der Waals surface area contributed by atoms with Crippen molar-refractivity contribution in [3.05, 3.63) is 92.4 Å². The fourth-order valence-electron chi connectivity index (χ4n) is 3.46. The SMILES string of the molecule is Cc1cccc(NC(=O)COc2ccc(Br)cc2/C=C2\C(=O)NC(=O)N(c3ccc(Br)cc3)C2=O)c1. The van der Waals surface area contributed by atoms with Crippen LogP contribution in [0.4, 0.5) is 16.2 Å². The number of rotatable bonds is 6. The maximum Gasteiger partial charge on any atom is 0.335 e. The summed E-state index contributed by atoms with van der Waals surface area (Å²) in [5.74, 6) is -1.71. The van der Waals surface area contributed by atoms with Crippen molar-refractivity contribution in [3.63, 3.8) is 0 Å². The zero-order chi connectivity index (χ0) is 25.8. The van der Waals surface area contributed by atoms with Gasteiger partial charge in [0, 0.05) is 20.2 Å². The number of hydrogen-bond acceptors (Lipinski definition) is 5. The number of hydrogen-bond donors (Lipinski definition) is 2. The second-order valence-electron chi connectivity index (χ2n) is 7.82. The molecule has 4 rings (SSSR count). The number of carbonyl (C=O) groups is 4. The normalized spacial score (nSPS) is 14.6. The molecule has 8 nitrogen and oxygen atoms in total. The fourth-order valence-corrected chi connectivity index (χ4v) is 4.11. The van der Waals surface area contributed by atoms with E-state index in [1.165, 1.54) is 6.08 Å². The molecular formula is C26H19Br2N3O5. The van der Waals surface area contributed by atoms with Gasteiger partial charge in [-0.3, -0.25) is 19.7 Å². The van der Waals surface area contributed by atoms with Crippen LogP contribution < -0.4 is 20.3 Å². The monoisotopic (exact) mass is 611 g/mol. The molecule has 1 fully saturated rings. The van der Waals surface area contributed by atoms with Crippen molar-refractivity contribution in [2.24, 2.45) is 0 Å². The van der Waals surface area contributed by atoms with E-state index in [1.807, 2.05) is 25.1 Å². The molecule has 0 aromatic heterocycles. The summed E-state index contributed by atoms with van der Waals surface area (Å²) in [6, 6.07) is 18.0. The lowest BCUT2D eigenvalue weighted by atomic mass is 10.1. The molecule has 5 amide bonds. The molecule has 1 aliphatic heterocycles. The first-order chi connectivity index (χ1) is 17.2. The number of anilines is 2. The number of benzene rings is 3. The largest absolute Gasteiger partial charge is 0.483 e. The predicted octanol–water partition coefficient (Wildman–Crippen LogP) is 5.20. The van der Waals surface area contributed by atoms with Crippen molar-refractivity contribution in [3.8, 4) is 5.75 Å². The van der Waals surface area contributed by atoms with Gasteiger partial charge in [-0.15, -0.1) is 0 Å². The summed E-state index contributed by atoms with van der Waals surface area (Å²) in [5.41, 5.74) is 2.06. The third kappa shape index (κ3) is 5.89. The molecule has 0 spiro atoms. The molecular weight excluding hydrogens is 594 g/mol. The minimum absolute atomic E-state index is 0.260. The van der Waals surface area contributed by atoms with Gasteiger partial charge in [-0.2, -0.15) is 0 Å². The summed E-state index contributed by atoms with van der Waals surface area (Å²) in [5, 5.41) is 4.95. The first-order valence-electron chi connectivity index (χ1n) is 10.7. The Balaban J connectivity index is 1.58. The lowest BCUT2D eigenvalue weighted by Gasteiger charge is -2.26. The Labute approximate surface area is 223 Å². The van der Waals surface area contributed by atoms with Crippen LogP contribution in [0.25, 0.3) is 6.08 Å². The molecule has 3 aromatic carbocycles. The van der Waals surface area contributed by atoms with Crippen LogP contribution in [0, 0.1) is 6.92 Å². The van der Waals surface area contributed by atoms with Gasteiger partial charge in [0.05, 0.1) is 5.69 Å². The maximum atomic E-state index is 13.2. The molecule has 2 N–H and O–H groups in total. The van der Waals surface area contributed by atoms with Gasteiger partial charge in [0.2, 0.25) is 0 Å². The first-order valence-corrected chi connectivity index (χ1v) is 12.3. The molecule has 182 valence electrons. The Morgan fingerprint density at radius 2 is 1.72 bits per heavy atom. The summed E-state index contributed by atoms with van der Waals surface area (Å²) in [6.45, 7) is 1.62. The van der Waals surface area contributed by atoms with Gasteiger partial charge in [-0.25, -0.2) is 9.69 Å². The number of amides is 5. The second kappa shape index (κ2) is 10.9. The average molecular weight is 613 g/mol. The Bertz CT molecular complexity index is 1400. The molecule has 0 saturated carbocycles. The van der Waals surface area contributed by atoms with Crippen molar-refractivity contribution in [1.82, 2.24) is 5.32 Å². The Hall–Kier alpha value is -3.76. The van der Waals surface area contributed by atoms with E-state index in [0.717, 1.165) is 14.9 Å². The number of carbonyl (C=O) groups excluding carboxylic acids is 4. The summed E-state index contributed by atoms with van der Waals surface area (Å²) in [4.78, 5) is 51.5. The topological polar surface area (TPSA) is 105 Å². The van der Waals surface area contributed by atoms with Crippen LogP contribution in [0.5, 0.6) is 5.75 Å². The van der Waals surface area contributed by atoms with Gasteiger partial charge in [0.1, 0.15) is 11.3 Å². The van der Waals surface area contributed by atoms with Gasteiger partial charge in [0.25, 0.3) is 17.7 Å². The number of halogens is 2. The summed E-state index contributed by atoms with van der Waals surface area (Å²) in [7, 11) is 0. The summed E-state index contributed by atoms with van der Waals surface area (Å²) >= 11 is 6.68. The fraction of sp³-hybridized carbons (Fsp3) is 0.0769. The maximum absolute atomic E-state index is 13.2. The number of urea groups is 1. The smallest absolute Gasteiger partial charge is 0.335 e. The molecule has 1 aliphatic rings. The van der Waals surface area contributed by atoms with E-state index >= 15 is 0 Å². The number of ether oxygens (including phenoxy) is 1. The molecule has 0 unspecified atom stereocenters. The van der Waals surface area contributed by atoms with E-state index in [1.54, 1.807) is 48.5 Å². The van der Waals surface area contributed by atoms with Crippen LogP contribution >= 0.6 is 31.9 Å². The number of nitrogens with one attached hydrogen (secondary N) is 2. The third-order valence-electron chi connectivity index (χ3n) is 5.12. The molecule has 1 heterocycles. The highest BCUT2D eigenvalue weighted by molar-refractivity contribution is 9.10. The van der Waals surface area contributed by atoms with Gasteiger partial charge in [-0.05, 0) is 73.2 Å². The van der Waals surface area contributed by atoms with Crippen LogP contribution in [0.15, 0.2) is 81.2 Å². The first kappa shape index (κ1) is 25.3. The molecule has 0 radical (unpaired) electrons. The lowest BCUT2D eigenvalue weighted by molar-refractivity contribution is -0.122. The summed E-state index contributed by atoms with van der Waals surface area (Å²) < 4.78 is 7.14. The standard InChI is InChI=1S/C26H19Br2N3O5/c1-15-3-2-4-19(11-15)29-23(32)14-36-22-10-7-18(28)12-16(22)13-21-24(33)30-26(35)31(25(21)34)20-8-5-17(27)6-9-20/h2-13H,14H2,1H3,(H,29,32)(H,30,33,35)/b21-13+. The van der Waals surface area contributed by atoms with Crippen LogP contribution in [-0.2, 0) is 14.4 Å². The number of barbiturate groups is 1. The van der Waals surface area contributed by atoms with Crippen molar-refractivity contribution in [1.29, 1.82) is 0 Å². The number of nitrogens with zero attached hydrogens (tertiary/aromatic N) is 1. The van der Waals surface area contributed by atoms with E-state index < -0.39 is 17.8 Å². The van der Waals surface area contributed by atoms with Crippen molar-refractivity contribution < 1.29 is 23.9 Å². The van der Waals surface area contributed by atoms with Crippen LogP contribution in [0.1, 0.15) is 11.1 Å². The lowest BCUT2D eigenvalue weighted by Crippen LogP contribution is -2.54. The second-order valence-corrected chi connectivity index (χ2v) is 9.65. The average Bonchev–Trinajstić information content (AvgIpc) is 2.82. The van der Waals surface area contributed by atoms with Crippen molar-refractivity contribution >= 4 is 73.1 Å². The Morgan fingerprint density at radius 1 is 1.00 bits per heavy atom. The molecule has 3 aromatic rings. The summed E-state index contributed by atoms with van der Waals surface area (Å²) in [6.07, 6.45) is 1.33. The molecule has 0 atom stereocenters. The van der Waals surface area contributed by atoms with E-state index in [9.17, 15) is 19.2 Å². The van der Waals surface area contributed by atoms with Crippen LogP contribution in [0.3, 0.4) is 0 Å². The number of imide groups is 2.